The van der Waals surface area contributed by atoms with Gasteiger partial charge in [-0.15, -0.1) is 16.8 Å². The highest BCUT2D eigenvalue weighted by molar-refractivity contribution is 7.21. The highest BCUT2D eigenvalue weighted by Gasteiger charge is 2.30. The van der Waals surface area contributed by atoms with E-state index in [0.29, 0.717) is 17.0 Å². The van der Waals surface area contributed by atoms with E-state index >= 15 is 0 Å². The molecule has 36 heavy (non-hydrogen) atoms. The summed E-state index contributed by atoms with van der Waals surface area (Å²) in [6.07, 6.45) is 5.48. The van der Waals surface area contributed by atoms with Gasteiger partial charge in [-0.2, -0.15) is 0 Å². The van der Waals surface area contributed by atoms with E-state index < -0.39 is 5.97 Å². The molecule has 4 N–H and O–H groups in total. The zero-order valence-corrected chi connectivity index (χ0v) is 20.7. The number of aryl methyl sites for hydroxylation is 1. The van der Waals surface area contributed by atoms with Crippen LogP contribution in [0.4, 0.5) is 11.4 Å². The smallest absolute Gasteiger partial charge is 0.359 e. The van der Waals surface area contributed by atoms with E-state index in [0.717, 1.165) is 63.9 Å². The minimum Gasteiger partial charge on any atom is -0.394 e. The van der Waals surface area contributed by atoms with Gasteiger partial charge in [0.2, 0.25) is 0 Å². The molecule has 10 heteroatoms. The molecule has 0 radical (unpaired) electrons. The van der Waals surface area contributed by atoms with Crippen LogP contribution in [0.15, 0.2) is 36.5 Å². The van der Waals surface area contributed by atoms with Gasteiger partial charge in [0, 0.05) is 41.1 Å². The molecule has 1 atom stereocenters. The standard InChI is InChI=1S/C26H27N5O4S/c1-14-23(26(34)35-30-15-4-5-15)18-11-16(6-7-19(18)28-14)29-20-8-9-27-21-12-22(36-24(20)21)25(33)31-10-2-3-17(31)13-32/h6-9,11-12,15,17,28,30,32H,2-5,10,13H2,1H3,(H,27,29)/t17-/m0/s1. The van der Waals surface area contributed by atoms with Crippen LogP contribution >= 0.6 is 11.3 Å². The van der Waals surface area contributed by atoms with Crippen molar-refractivity contribution < 1.29 is 19.5 Å². The summed E-state index contributed by atoms with van der Waals surface area (Å²) in [5.74, 6) is -0.466. The largest absolute Gasteiger partial charge is 0.394 e. The van der Waals surface area contributed by atoms with Crippen LogP contribution in [0.3, 0.4) is 0 Å². The number of nitrogens with zero attached hydrogens (tertiary/aromatic N) is 2. The van der Waals surface area contributed by atoms with Crippen molar-refractivity contribution in [1.82, 2.24) is 20.3 Å². The Kier molecular flexibility index (Phi) is 5.87. The summed E-state index contributed by atoms with van der Waals surface area (Å²) >= 11 is 1.40. The van der Waals surface area contributed by atoms with Crippen molar-refractivity contribution in [2.24, 2.45) is 0 Å². The van der Waals surface area contributed by atoms with Crippen LogP contribution in [0, 0.1) is 6.92 Å². The number of carbonyl (C=O) groups is 2. The van der Waals surface area contributed by atoms with Crippen LogP contribution < -0.4 is 10.8 Å². The van der Waals surface area contributed by atoms with Crippen molar-refractivity contribution in [2.75, 3.05) is 18.5 Å². The third-order valence-electron chi connectivity index (χ3n) is 6.84. The van der Waals surface area contributed by atoms with Gasteiger partial charge < -0.3 is 25.1 Å². The van der Waals surface area contributed by atoms with Crippen molar-refractivity contribution in [1.29, 1.82) is 0 Å². The topological polar surface area (TPSA) is 120 Å². The molecule has 0 unspecified atom stereocenters. The zero-order chi connectivity index (χ0) is 24.8. The molecule has 2 aliphatic rings. The monoisotopic (exact) mass is 505 g/mol. The van der Waals surface area contributed by atoms with Crippen LogP contribution in [-0.4, -0.2) is 57.1 Å². The number of aromatic amines is 1. The number of aliphatic hydroxyl groups is 1. The van der Waals surface area contributed by atoms with Gasteiger partial charge in [-0.3, -0.25) is 9.78 Å². The van der Waals surface area contributed by atoms with Gasteiger partial charge in [0.15, 0.2) is 0 Å². The summed E-state index contributed by atoms with van der Waals surface area (Å²) in [5, 5.41) is 13.8. The number of hydroxylamine groups is 1. The second kappa shape index (κ2) is 9.20. The maximum atomic E-state index is 13.1. The van der Waals surface area contributed by atoms with E-state index in [1.54, 1.807) is 11.1 Å². The number of likely N-dealkylation sites (tertiary alicyclic amines) is 1. The van der Waals surface area contributed by atoms with Crippen molar-refractivity contribution in [2.45, 2.75) is 44.7 Å². The lowest BCUT2D eigenvalue weighted by Crippen LogP contribution is -2.37. The number of aromatic nitrogens is 2. The van der Waals surface area contributed by atoms with E-state index in [4.69, 9.17) is 4.84 Å². The normalized spacial score (nSPS) is 17.7. The third-order valence-corrected chi connectivity index (χ3v) is 7.98. The Morgan fingerprint density at radius 3 is 2.92 bits per heavy atom. The molecule has 1 saturated heterocycles. The van der Waals surface area contributed by atoms with E-state index in [1.165, 1.54) is 11.3 Å². The lowest BCUT2D eigenvalue weighted by molar-refractivity contribution is 0.0237. The minimum atomic E-state index is -0.404. The number of hydrogen-bond donors (Lipinski definition) is 4. The molecular weight excluding hydrogens is 478 g/mol. The number of fused-ring (bicyclic) bond motifs is 2. The molecule has 1 aromatic carbocycles. The summed E-state index contributed by atoms with van der Waals surface area (Å²) < 4.78 is 0.874. The molecule has 9 nitrogen and oxygen atoms in total. The van der Waals surface area contributed by atoms with Crippen molar-refractivity contribution in [3.8, 4) is 0 Å². The molecule has 4 heterocycles. The lowest BCUT2D eigenvalue weighted by atomic mass is 10.1. The van der Waals surface area contributed by atoms with E-state index in [9.17, 15) is 14.7 Å². The number of hydrogen-bond acceptors (Lipinski definition) is 8. The first-order valence-electron chi connectivity index (χ1n) is 12.2. The van der Waals surface area contributed by atoms with E-state index in [2.05, 4.69) is 20.8 Å². The summed E-state index contributed by atoms with van der Waals surface area (Å²) in [4.78, 5) is 41.3. The maximum absolute atomic E-state index is 13.1. The Bertz CT molecular complexity index is 1470. The van der Waals surface area contributed by atoms with E-state index in [-0.39, 0.29) is 24.6 Å². The molecule has 2 fully saturated rings. The van der Waals surface area contributed by atoms with Crippen LogP contribution in [0.1, 0.15) is 51.4 Å². The fourth-order valence-electron chi connectivity index (χ4n) is 4.79. The van der Waals surface area contributed by atoms with Gasteiger partial charge in [-0.1, -0.05) is 0 Å². The van der Waals surface area contributed by atoms with Gasteiger partial charge in [-0.25, -0.2) is 4.79 Å². The predicted molar refractivity (Wildman–Crippen MR) is 139 cm³/mol. The Balaban J connectivity index is 1.29. The number of carbonyl (C=O) groups excluding carboxylic acids is 2. The SMILES string of the molecule is Cc1[nH]c2ccc(Nc3ccnc4cc(C(=O)N5CCC[C@H]5CO)sc34)cc2c1C(=O)ONC1CC1. The first-order chi connectivity index (χ1) is 17.5. The number of H-pyrrole nitrogens is 1. The highest BCUT2D eigenvalue weighted by atomic mass is 32.1. The third kappa shape index (κ3) is 4.21. The molecule has 0 spiro atoms. The van der Waals surface area contributed by atoms with Gasteiger partial charge in [0.05, 0.1) is 39.0 Å². The van der Waals surface area contributed by atoms with E-state index in [1.807, 2.05) is 37.3 Å². The van der Waals surface area contributed by atoms with Gasteiger partial charge in [0.1, 0.15) is 0 Å². The number of aliphatic hydroxyl groups excluding tert-OH is 1. The molecule has 6 rings (SSSR count). The molecule has 1 aliphatic carbocycles. The molecule has 3 aromatic heterocycles. The number of amides is 1. The Labute approximate surface area is 211 Å². The first-order valence-corrected chi connectivity index (χ1v) is 13.0. The van der Waals surface area contributed by atoms with Gasteiger partial charge in [-0.05, 0) is 62.9 Å². The molecular formula is C26H27N5O4S. The van der Waals surface area contributed by atoms with Gasteiger partial charge in [0.25, 0.3) is 5.91 Å². The van der Waals surface area contributed by atoms with Crippen molar-refractivity contribution >= 4 is 55.7 Å². The molecule has 0 bridgehead atoms. The zero-order valence-electron chi connectivity index (χ0n) is 19.8. The molecule has 4 aromatic rings. The highest BCUT2D eigenvalue weighted by Crippen LogP contribution is 2.35. The number of nitrogens with one attached hydrogen (secondary N) is 3. The summed E-state index contributed by atoms with van der Waals surface area (Å²) in [6.45, 7) is 2.50. The number of rotatable bonds is 7. The summed E-state index contributed by atoms with van der Waals surface area (Å²) in [5.41, 5.74) is 7.30. The number of anilines is 2. The van der Waals surface area contributed by atoms with Crippen molar-refractivity contribution in [3.63, 3.8) is 0 Å². The van der Waals surface area contributed by atoms with Crippen LogP contribution in [0.2, 0.25) is 0 Å². The number of benzene rings is 1. The number of pyridine rings is 1. The summed E-state index contributed by atoms with van der Waals surface area (Å²) in [7, 11) is 0. The molecule has 186 valence electrons. The maximum Gasteiger partial charge on any atom is 0.359 e. The van der Waals surface area contributed by atoms with Gasteiger partial charge >= 0.3 is 5.97 Å². The second-order valence-electron chi connectivity index (χ2n) is 9.45. The fraction of sp³-hybridized carbons (Fsp3) is 0.346. The molecule has 1 amide bonds. The lowest BCUT2D eigenvalue weighted by Gasteiger charge is -2.22. The summed E-state index contributed by atoms with van der Waals surface area (Å²) in [6, 6.07) is 9.63. The number of thiophene rings is 1. The fourth-order valence-corrected chi connectivity index (χ4v) is 5.83. The Morgan fingerprint density at radius 1 is 1.25 bits per heavy atom. The van der Waals surface area contributed by atoms with Crippen molar-refractivity contribution in [3.05, 3.63) is 52.7 Å². The average molecular weight is 506 g/mol. The van der Waals surface area contributed by atoms with Crippen LogP contribution in [-0.2, 0) is 4.84 Å². The first kappa shape index (κ1) is 23.0. The molecule has 1 aliphatic heterocycles. The average Bonchev–Trinajstić information content (AvgIpc) is 3.27. The predicted octanol–water partition coefficient (Wildman–Crippen LogP) is 4.25. The van der Waals surface area contributed by atoms with Crippen LogP contribution in [0.5, 0.6) is 0 Å². The minimum absolute atomic E-state index is 0.0189. The molecule has 1 saturated carbocycles. The Morgan fingerprint density at radius 2 is 2.11 bits per heavy atom. The second-order valence-corrected chi connectivity index (χ2v) is 10.5. The Hall–Kier alpha value is -3.47. The van der Waals surface area contributed by atoms with Crippen LogP contribution in [0.25, 0.3) is 21.1 Å². The quantitative estimate of drug-likeness (QED) is 0.277.